The fraction of sp³-hybridized carbons (Fsp3) is 0.524. The summed E-state index contributed by atoms with van der Waals surface area (Å²) in [7, 11) is 2.05. The van der Waals surface area contributed by atoms with Gasteiger partial charge in [0.15, 0.2) is 0 Å². The van der Waals surface area contributed by atoms with Crippen LogP contribution in [0.25, 0.3) is 0 Å². The van der Waals surface area contributed by atoms with E-state index >= 15 is 0 Å². The summed E-state index contributed by atoms with van der Waals surface area (Å²) in [5, 5.41) is 0. The first-order chi connectivity index (χ1) is 12.2. The van der Waals surface area contributed by atoms with Gasteiger partial charge >= 0.3 is 0 Å². The van der Waals surface area contributed by atoms with Crippen molar-refractivity contribution in [2.45, 2.75) is 43.9 Å². The highest BCUT2D eigenvalue weighted by Gasteiger charge is 2.48. The number of carbonyl (C=O) groups is 1. The number of aryl methyl sites for hydroxylation is 1. The maximum Gasteiger partial charge on any atom is 0.233 e. The molecule has 2 aromatic rings. The van der Waals surface area contributed by atoms with E-state index in [0.717, 1.165) is 51.0 Å². The fourth-order valence-electron chi connectivity index (χ4n) is 4.48. The highest BCUT2D eigenvalue weighted by Crippen LogP contribution is 2.45. The van der Waals surface area contributed by atoms with Crippen molar-refractivity contribution >= 4 is 5.91 Å². The van der Waals surface area contributed by atoms with Crippen molar-refractivity contribution in [2.75, 3.05) is 13.1 Å². The number of piperidine rings is 1. The van der Waals surface area contributed by atoms with E-state index in [9.17, 15) is 4.79 Å². The predicted octanol–water partition coefficient (Wildman–Crippen LogP) is 3.32. The van der Waals surface area contributed by atoms with Gasteiger partial charge in [-0.15, -0.1) is 0 Å². The number of hydrogen-bond donors (Lipinski definition) is 0. The third-order valence-electron chi connectivity index (χ3n) is 6.14. The molecule has 132 valence electrons. The minimum absolute atomic E-state index is 0.258. The van der Waals surface area contributed by atoms with Gasteiger partial charge in [0.05, 0.1) is 5.41 Å². The highest BCUT2D eigenvalue weighted by molar-refractivity contribution is 5.89. The summed E-state index contributed by atoms with van der Waals surface area (Å²) in [4.78, 5) is 20.0. The zero-order valence-electron chi connectivity index (χ0n) is 15.0. The molecule has 1 saturated heterocycles. The lowest BCUT2D eigenvalue weighted by atomic mass is 9.63. The Kier molecular flexibility index (Phi) is 4.36. The van der Waals surface area contributed by atoms with E-state index in [0.29, 0.717) is 11.8 Å². The Morgan fingerprint density at radius 1 is 1.24 bits per heavy atom. The minimum Gasteiger partial charge on any atom is -0.342 e. The first-order valence-electron chi connectivity index (χ1n) is 9.50. The van der Waals surface area contributed by atoms with Gasteiger partial charge < -0.3 is 9.47 Å². The van der Waals surface area contributed by atoms with Crippen LogP contribution in [0.4, 0.5) is 0 Å². The van der Waals surface area contributed by atoms with E-state index in [4.69, 9.17) is 0 Å². The number of aromatic nitrogens is 2. The lowest BCUT2D eigenvalue weighted by Gasteiger charge is -2.46. The predicted molar refractivity (Wildman–Crippen MR) is 98.2 cm³/mol. The SMILES string of the molecule is Cn1ccnc1CC1CCCN(C(=O)C2(c3ccccc3)CCC2)C1. The van der Waals surface area contributed by atoms with Crippen molar-refractivity contribution in [3.05, 3.63) is 54.1 Å². The number of benzene rings is 1. The topological polar surface area (TPSA) is 38.1 Å². The summed E-state index contributed by atoms with van der Waals surface area (Å²) < 4.78 is 2.10. The van der Waals surface area contributed by atoms with Gasteiger partial charge in [-0.2, -0.15) is 0 Å². The van der Waals surface area contributed by atoms with E-state index in [1.807, 2.05) is 25.5 Å². The number of rotatable bonds is 4. The smallest absolute Gasteiger partial charge is 0.233 e. The van der Waals surface area contributed by atoms with Crippen LogP contribution < -0.4 is 0 Å². The van der Waals surface area contributed by atoms with Gasteiger partial charge in [-0.25, -0.2) is 4.98 Å². The first-order valence-corrected chi connectivity index (χ1v) is 9.50. The van der Waals surface area contributed by atoms with Gasteiger partial charge in [-0.3, -0.25) is 4.79 Å². The lowest BCUT2D eigenvalue weighted by Crippen LogP contribution is -2.53. The zero-order valence-corrected chi connectivity index (χ0v) is 15.0. The molecule has 0 spiro atoms. The Balaban J connectivity index is 1.49. The molecule has 1 unspecified atom stereocenters. The minimum atomic E-state index is -0.258. The third-order valence-corrected chi connectivity index (χ3v) is 6.14. The third kappa shape index (κ3) is 2.99. The number of imidazole rings is 1. The summed E-state index contributed by atoms with van der Waals surface area (Å²) in [6.45, 7) is 1.78. The summed E-state index contributed by atoms with van der Waals surface area (Å²) in [6.07, 6.45) is 10.3. The molecule has 0 bridgehead atoms. The molecule has 4 nitrogen and oxygen atoms in total. The second kappa shape index (κ2) is 6.66. The van der Waals surface area contributed by atoms with Crippen molar-refractivity contribution in [3.63, 3.8) is 0 Å². The monoisotopic (exact) mass is 337 g/mol. The molecule has 1 aromatic carbocycles. The Hall–Kier alpha value is -2.10. The zero-order chi connectivity index (χ0) is 17.3. The molecule has 4 heteroatoms. The average molecular weight is 337 g/mol. The van der Waals surface area contributed by atoms with Crippen LogP contribution in [0, 0.1) is 5.92 Å². The Bertz CT molecular complexity index is 733. The van der Waals surface area contributed by atoms with E-state index in [1.165, 1.54) is 12.0 Å². The van der Waals surface area contributed by atoms with Gasteiger partial charge in [0, 0.05) is 39.0 Å². The molecule has 1 saturated carbocycles. The summed E-state index contributed by atoms with van der Waals surface area (Å²) in [5.74, 6) is 2.00. The van der Waals surface area contributed by atoms with Gasteiger partial charge in [-0.05, 0) is 37.2 Å². The summed E-state index contributed by atoms with van der Waals surface area (Å²) in [6, 6.07) is 10.4. The molecule has 1 aliphatic carbocycles. The first kappa shape index (κ1) is 16.4. The Morgan fingerprint density at radius 2 is 2.04 bits per heavy atom. The standard InChI is InChI=1S/C21H27N3O/c1-23-14-12-22-19(23)15-17-7-5-13-24(16-17)20(25)21(10-6-11-21)18-8-3-2-4-9-18/h2-4,8-9,12,14,17H,5-7,10-11,13,15-16H2,1H3. The molecule has 1 atom stereocenters. The normalized spacial score (nSPS) is 22.4. The molecule has 1 amide bonds. The second-order valence-corrected chi connectivity index (χ2v) is 7.72. The number of amides is 1. The van der Waals surface area contributed by atoms with Crippen molar-refractivity contribution in [1.82, 2.24) is 14.5 Å². The highest BCUT2D eigenvalue weighted by atomic mass is 16.2. The van der Waals surface area contributed by atoms with Crippen LogP contribution in [0.1, 0.15) is 43.5 Å². The summed E-state index contributed by atoms with van der Waals surface area (Å²) >= 11 is 0. The van der Waals surface area contributed by atoms with Crippen LogP contribution in [0.15, 0.2) is 42.7 Å². The molecular weight excluding hydrogens is 310 g/mol. The number of likely N-dealkylation sites (tertiary alicyclic amines) is 1. The van der Waals surface area contributed by atoms with Gasteiger partial charge in [0.25, 0.3) is 0 Å². The lowest BCUT2D eigenvalue weighted by molar-refractivity contribution is -0.142. The molecule has 0 N–H and O–H groups in total. The van der Waals surface area contributed by atoms with Crippen molar-refractivity contribution < 1.29 is 4.79 Å². The maximum absolute atomic E-state index is 13.4. The molecule has 2 aliphatic rings. The van der Waals surface area contributed by atoms with Gasteiger partial charge in [-0.1, -0.05) is 36.8 Å². The van der Waals surface area contributed by atoms with Crippen LogP contribution in [0.2, 0.25) is 0 Å². The van der Waals surface area contributed by atoms with E-state index in [1.54, 1.807) is 0 Å². The largest absolute Gasteiger partial charge is 0.342 e. The summed E-state index contributed by atoms with van der Waals surface area (Å²) in [5.41, 5.74) is 0.948. The molecule has 0 radical (unpaired) electrons. The van der Waals surface area contributed by atoms with Crippen LogP contribution in [0.5, 0.6) is 0 Å². The number of hydrogen-bond acceptors (Lipinski definition) is 2. The maximum atomic E-state index is 13.4. The van der Waals surface area contributed by atoms with E-state index in [2.05, 4.69) is 38.7 Å². The molecule has 4 rings (SSSR count). The van der Waals surface area contributed by atoms with Crippen LogP contribution in [-0.2, 0) is 23.7 Å². The molecule has 1 aromatic heterocycles. The van der Waals surface area contributed by atoms with Crippen molar-refractivity contribution in [2.24, 2.45) is 13.0 Å². The van der Waals surface area contributed by atoms with Gasteiger partial charge in [0.2, 0.25) is 5.91 Å². The molecule has 25 heavy (non-hydrogen) atoms. The van der Waals surface area contributed by atoms with Crippen LogP contribution in [0.3, 0.4) is 0 Å². The van der Waals surface area contributed by atoms with Crippen LogP contribution >= 0.6 is 0 Å². The van der Waals surface area contributed by atoms with Crippen molar-refractivity contribution in [1.29, 1.82) is 0 Å². The molecular formula is C21H27N3O. The fourth-order valence-corrected chi connectivity index (χ4v) is 4.48. The molecule has 2 fully saturated rings. The molecule has 2 heterocycles. The molecule has 1 aliphatic heterocycles. The number of carbonyl (C=O) groups excluding carboxylic acids is 1. The second-order valence-electron chi connectivity index (χ2n) is 7.72. The number of nitrogens with zero attached hydrogens (tertiary/aromatic N) is 3. The van der Waals surface area contributed by atoms with E-state index < -0.39 is 0 Å². The van der Waals surface area contributed by atoms with Crippen molar-refractivity contribution in [3.8, 4) is 0 Å². The van der Waals surface area contributed by atoms with E-state index in [-0.39, 0.29) is 5.41 Å². The van der Waals surface area contributed by atoms with Gasteiger partial charge in [0.1, 0.15) is 5.82 Å². The Morgan fingerprint density at radius 3 is 2.68 bits per heavy atom. The quantitative estimate of drug-likeness (QED) is 0.858. The van der Waals surface area contributed by atoms with Crippen LogP contribution in [-0.4, -0.2) is 33.4 Å². The Labute approximate surface area is 149 Å². The average Bonchev–Trinajstić information content (AvgIpc) is 3.00.